The summed E-state index contributed by atoms with van der Waals surface area (Å²) in [7, 11) is 1.67. The van der Waals surface area contributed by atoms with Crippen LogP contribution in [0.1, 0.15) is 53.8 Å². The molecule has 2 aliphatic carbocycles. The number of hydrogen-bond acceptors (Lipinski definition) is 3. The van der Waals surface area contributed by atoms with Gasteiger partial charge in [-0.05, 0) is 37.3 Å². The van der Waals surface area contributed by atoms with Crippen LogP contribution in [-0.4, -0.2) is 22.7 Å². The molecule has 0 saturated heterocycles. The number of methoxy groups -OCH3 is 1. The van der Waals surface area contributed by atoms with Crippen molar-refractivity contribution in [1.82, 2.24) is 9.78 Å². The molecule has 0 aliphatic heterocycles. The predicted octanol–water partition coefficient (Wildman–Crippen LogP) is 3.52. The molecule has 1 saturated carbocycles. The van der Waals surface area contributed by atoms with Crippen molar-refractivity contribution in [2.75, 3.05) is 7.11 Å². The maximum absolute atomic E-state index is 12.5. The zero-order valence-corrected chi connectivity index (χ0v) is 13.0. The largest absolute Gasteiger partial charge is 0.497 e. The summed E-state index contributed by atoms with van der Waals surface area (Å²) in [6.07, 6.45) is 3.88. The minimum atomic E-state index is 0.268. The SMILES string of the molecule is COc1cccc(-n2nc(C3CC3)c3c2CC(C)CC3=O)c1. The van der Waals surface area contributed by atoms with Crippen molar-refractivity contribution in [2.45, 2.75) is 38.5 Å². The number of ether oxygens (including phenoxy) is 1. The van der Waals surface area contributed by atoms with Crippen LogP contribution in [0.5, 0.6) is 5.75 Å². The first-order valence-corrected chi connectivity index (χ1v) is 7.96. The summed E-state index contributed by atoms with van der Waals surface area (Å²) >= 11 is 0. The van der Waals surface area contributed by atoms with Crippen LogP contribution >= 0.6 is 0 Å². The minimum Gasteiger partial charge on any atom is -0.497 e. The molecule has 2 aromatic rings. The summed E-state index contributed by atoms with van der Waals surface area (Å²) in [6.45, 7) is 2.14. The highest BCUT2D eigenvalue weighted by atomic mass is 16.5. The third-order valence-corrected chi connectivity index (χ3v) is 4.62. The van der Waals surface area contributed by atoms with Crippen LogP contribution in [0.4, 0.5) is 0 Å². The fourth-order valence-corrected chi connectivity index (χ4v) is 3.38. The summed E-state index contributed by atoms with van der Waals surface area (Å²) in [5.41, 5.74) is 3.99. The summed E-state index contributed by atoms with van der Waals surface area (Å²) in [6, 6.07) is 7.89. The van der Waals surface area contributed by atoms with Crippen molar-refractivity contribution in [1.29, 1.82) is 0 Å². The third kappa shape index (κ3) is 2.14. The molecular formula is C18H20N2O2. The summed E-state index contributed by atoms with van der Waals surface area (Å²) in [4.78, 5) is 12.5. The highest BCUT2D eigenvalue weighted by Crippen LogP contribution is 2.44. The van der Waals surface area contributed by atoms with Gasteiger partial charge in [-0.25, -0.2) is 4.68 Å². The van der Waals surface area contributed by atoms with Crippen molar-refractivity contribution in [3.63, 3.8) is 0 Å². The molecule has 4 nitrogen and oxygen atoms in total. The Labute approximate surface area is 130 Å². The highest BCUT2D eigenvalue weighted by Gasteiger charge is 2.37. The summed E-state index contributed by atoms with van der Waals surface area (Å²) in [5.74, 6) is 1.95. The molecule has 0 N–H and O–H groups in total. The van der Waals surface area contributed by atoms with Gasteiger partial charge in [0.2, 0.25) is 0 Å². The number of ketones is 1. The van der Waals surface area contributed by atoms with E-state index in [1.807, 2.05) is 28.9 Å². The number of carbonyl (C=O) groups excluding carboxylic acids is 1. The Kier molecular flexibility index (Phi) is 3.06. The maximum atomic E-state index is 12.5. The van der Waals surface area contributed by atoms with E-state index in [0.29, 0.717) is 18.3 Å². The molecule has 1 aromatic heterocycles. The van der Waals surface area contributed by atoms with Gasteiger partial charge in [0.05, 0.1) is 29.7 Å². The van der Waals surface area contributed by atoms with Crippen LogP contribution in [0.25, 0.3) is 5.69 Å². The van der Waals surface area contributed by atoms with Crippen molar-refractivity contribution in [2.24, 2.45) is 5.92 Å². The average Bonchev–Trinajstić information content (AvgIpc) is 3.28. The van der Waals surface area contributed by atoms with Crippen LogP contribution in [0, 0.1) is 5.92 Å². The third-order valence-electron chi connectivity index (χ3n) is 4.62. The van der Waals surface area contributed by atoms with E-state index in [1.54, 1.807) is 7.11 Å². The molecule has 0 spiro atoms. The molecule has 0 amide bonds. The lowest BCUT2D eigenvalue weighted by Gasteiger charge is -2.19. The Morgan fingerprint density at radius 1 is 1.27 bits per heavy atom. The molecule has 1 atom stereocenters. The van der Waals surface area contributed by atoms with Gasteiger partial charge in [-0.15, -0.1) is 0 Å². The van der Waals surface area contributed by atoms with E-state index in [1.165, 1.54) is 0 Å². The summed E-state index contributed by atoms with van der Waals surface area (Å²) < 4.78 is 7.29. The average molecular weight is 296 g/mol. The van der Waals surface area contributed by atoms with Gasteiger partial charge < -0.3 is 4.74 Å². The molecule has 114 valence electrons. The number of hydrogen-bond donors (Lipinski definition) is 0. The Morgan fingerprint density at radius 3 is 2.82 bits per heavy atom. The Bertz CT molecular complexity index is 744. The van der Waals surface area contributed by atoms with Crippen LogP contribution in [0.3, 0.4) is 0 Å². The van der Waals surface area contributed by atoms with Crippen LogP contribution < -0.4 is 4.74 Å². The molecule has 1 unspecified atom stereocenters. The van der Waals surface area contributed by atoms with E-state index >= 15 is 0 Å². The van der Waals surface area contributed by atoms with Gasteiger partial charge in [0.1, 0.15) is 5.75 Å². The molecular weight excluding hydrogens is 276 g/mol. The lowest BCUT2D eigenvalue weighted by molar-refractivity contribution is 0.0951. The van der Waals surface area contributed by atoms with Crippen molar-refractivity contribution in [3.8, 4) is 11.4 Å². The number of nitrogens with zero attached hydrogens (tertiary/aromatic N) is 2. The van der Waals surface area contributed by atoms with Crippen LogP contribution in [0.2, 0.25) is 0 Å². The molecule has 1 heterocycles. The molecule has 4 rings (SSSR count). The predicted molar refractivity (Wildman–Crippen MR) is 83.9 cm³/mol. The lowest BCUT2D eigenvalue weighted by atomic mass is 9.86. The van der Waals surface area contributed by atoms with E-state index in [9.17, 15) is 4.79 Å². The molecule has 4 heteroatoms. The molecule has 2 aliphatic rings. The number of carbonyl (C=O) groups is 1. The number of benzene rings is 1. The normalized spacial score (nSPS) is 20.8. The van der Waals surface area contributed by atoms with Gasteiger partial charge in [-0.1, -0.05) is 13.0 Å². The molecule has 1 aromatic carbocycles. The second kappa shape index (κ2) is 4.97. The second-order valence-electron chi connectivity index (χ2n) is 6.53. The maximum Gasteiger partial charge on any atom is 0.166 e. The first-order chi connectivity index (χ1) is 10.7. The van der Waals surface area contributed by atoms with Gasteiger partial charge in [0.15, 0.2) is 5.78 Å². The summed E-state index contributed by atoms with van der Waals surface area (Å²) in [5, 5.41) is 4.82. The molecule has 0 bridgehead atoms. The van der Waals surface area contributed by atoms with Crippen LogP contribution in [0.15, 0.2) is 24.3 Å². The van der Waals surface area contributed by atoms with Crippen molar-refractivity contribution >= 4 is 5.78 Å². The zero-order chi connectivity index (χ0) is 15.3. The topological polar surface area (TPSA) is 44.1 Å². The first kappa shape index (κ1) is 13.6. The van der Waals surface area contributed by atoms with E-state index in [2.05, 4.69) is 6.92 Å². The van der Waals surface area contributed by atoms with Crippen LogP contribution in [-0.2, 0) is 6.42 Å². The fraction of sp³-hybridized carbons (Fsp3) is 0.444. The Balaban J connectivity index is 1.89. The van der Waals surface area contributed by atoms with Gasteiger partial charge in [-0.2, -0.15) is 5.10 Å². The van der Waals surface area contributed by atoms with E-state index in [0.717, 1.165) is 47.7 Å². The Hall–Kier alpha value is -2.10. The van der Waals surface area contributed by atoms with Gasteiger partial charge in [-0.3, -0.25) is 4.79 Å². The number of Topliss-reactive ketones (excluding diaryl/α,β-unsaturated/α-hetero) is 1. The number of fused-ring (bicyclic) bond motifs is 1. The van der Waals surface area contributed by atoms with Crippen molar-refractivity contribution < 1.29 is 9.53 Å². The van der Waals surface area contributed by atoms with E-state index < -0.39 is 0 Å². The quantitative estimate of drug-likeness (QED) is 0.870. The van der Waals surface area contributed by atoms with Gasteiger partial charge >= 0.3 is 0 Å². The molecule has 1 fully saturated rings. The second-order valence-corrected chi connectivity index (χ2v) is 6.53. The highest BCUT2D eigenvalue weighted by molar-refractivity contribution is 5.99. The standard InChI is InChI=1S/C18H20N2O2/c1-11-8-15-17(16(21)9-11)18(12-6-7-12)19-20(15)13-4-3-5-14(10-13)22-2/h3-5,10-12H,6-9H2,1-2H3. The minimum absolute atomic E-state index is 0.268. The van der Waals surface area contributed by atoms with Gasteiger partial charge in [0.25, 0.3) is 0 Å². The monoisotopic (exact) mass is 296 g/mol. The van der Waals surface area contributed by atoms with E-state index in [4.69, 9.17) is 9.84 Å². The lowest BCUT2D eigenvalue weighted by Crippen LogP contribution is -2.20. The first-order valence-electron chi connectivity index (χ1n) is 7.96. The van der Waals surface area contributed by atoms with Gasteiger partial charge in [0, 0.05) is 18.4 Å². The fourth-order valence-electron chi connectivity index (χ4n) is 3.38. The zero-order valence-electron chi connectivity index (χ0n) is 13.0. The number of rotatable bonds is 3. The van der Waals surface area contributed by atoms with E-state index in [-0.39, 0.29) is 5.78 Å². The number of aromatic nitrogens is 2. The molecule has 0 radical (unpaired) electrons. The van der Waals surface area contributed by atoms with Crippen molar-refractivity contribution in [3.05, 3.63) is 41.2 Å². The Morgan fingerprint density at radius 2 is 2.09 bits per heavy atom. The smallest absolute Gasteiger partial charge is 0.166 e. The molecule has 22 heavy (non-hydrogen) atoms.